The third kappa shape index (κ3) is 5.41. The first-order valence-corrected chi connectivity index (χ1v) is 8.80. The molecule has 1 atom stereocenters. The molecule has 1 saturated carbocycles. The van der Waals surface area contributed by atoms with Crippen molar-refractivity contribution in [1.82, 2.24) is 5.32 Å². The van der Waals surface area contributed by atoms with E-state index in [-0.39, 0.29) is 12.5 Å². The van der Waals surface area contributed by atoms with E-state index in [1.54, 1.807) is 32.4 Å². The van der Waals surface area contributed by atoms with Crippen LogP contribution in [0.5, 0.6) is 11.5 Å². The Balaban J connectivity index is 1.77. The summed E-state index contributed by atoms with van der Waals surface area (Å²) in [5, 5.41) is 13.1. The molecule has 1 aromatic carbocycles. The zero-order chi connectivity index (χ0) is 17.4. The fourth-order valence-electron chi connectivity index (χ4n) is 3.29. The van der Waals surface area contributed by atoms with Crippen molar-refractivity contribution in [3.8, 4) is 11.5 Å². The number of rotatable bonds is 8. The molecule has 0 aliphatic heterocycles. The molecule has 1 aliphatic rings. The SMILES string of the molecule is COc1ccc(C(O)CNC(=O)CCC2CCCCC2)cc1OC. The van der Waals surface area contributed by atoms with Gasteiger partial charge in [-0.15, -0.1) is 0 Å². The monoisotopic (exact) mass is 335 g/mol. The summed E-state index contributed by atoms with van der Waals surface area (Å²) in [6, 6.07) is 5.26. The van der Waals surface area contributed by atoms with Gasteiger partial charge >= 0.3 is 0 Å². The number of benzene rings is 1. The van der Waals surface area contributed by atoms with E-state index >= 15 is 0 Å². The molecule has 1 unspecified atom stereocenters. The lowest BCUT2D eigenvalue weighted by atomic mass is 9.86. The van der Waals surface area contributed by atoms with Crippen LogP contribution in [0.15, 0.2) is 18.2 Å². The van der Waals surface area contributed by atoms with Crippen LogP contribution in [0.3, 0.4) is 0 Å². The van der Waals surface area contributed by atoms with Crippen molar-refractivity contribution in [1.29, 1.82) is 0 Å². The van der Waals surface area contributed by atoms with Gasteiger partial charge in [0.15, 0.2) is 11.5 Å². The molecule has 2 N–H and O–H groups in total. The molecule has 1 aromatic rings. The van der Waals surface area contributed by atoms with Crippen molar-refractivity contribution in [2.24, 2.45) is 5.92 Å². The quantitative estimate of drug-likeness (QED) is 0.765. The molecule has 0 radical (unpaired) electrons. The smallest absolute Gasteiger partial charge is 0.220 e. The molecule has 0 aromatic heterocycles. The van der Waals surface area contributed by atoms with E-state index in [1.807, 2.05) is 0 Å². The third-order valence-corrected chi connectivity index (χ3v) is 4.79. The summed E-state index contributed by atoms with van der Waals surface area (Å²) in [7, 11) is 3.13. The average molecular weight is 335 g/mol. The van der Waals surface area contributed by atoms with Gasteiger partial charge in [-0.25, -0.2) is 0 Å². The third-order valence-electron chi connectivity index (χ3n) is 4.79. The van der Waals surface area contributed by atoms with Crippen molar-refractivity contribution in [2.75, 3.05) is 20.8 Å². The first-order valence-electron chi connectivity index (χ1n) is 8.80. The van der Waals surface area contributed by atoms with Crippen LogP contribution < -0.4 is 14.8 Å². The zero-order valence-corrected chi connectivity index (χ0v) is 14.7. The van der Waals surface area contributed by atoms with Crippen LogP contribution in [0.25, 0.3) is 0 Å². The maximum absolute atomic E-state index is 12.0. The summed E-state index contributed by atoms with van der Waals surface area (Å²) in [5.74, 6) is 1.89. The first kappa shape index (κ1) is 18.6. The average Bonchev–Trinajstić information content (AvgIpc) is 2.64. The molecule has 1 aliphatic carbocycles. The van der Waals surface area contributed by atoms with Gasteiger partial charge < -0.3 is 19.9 Å². The number of ether oxygens (including phenoxy) is 2. The van der Waals surface area contributed by atoms with Gasteiger partial charge in [0.05, 0.1) is 20.3 Å². The van der Waals surface area contributed by atoms with Gasteiger partial charge in [0.1, 0.15) is 0 Å². The molecule has 134 valence electrons. The second-order valence-electron chi connectivity index (χ2n) is 6.48. The van der Waals surface area contributed by atoms with Crippen molar-refractivity contribution < 1.29 is 19.4 Å². The van der Waals surface area contributed by atoms with E-state index in [1.165, 1.54) is 32.1 Å². The molecule has 0 saturated heterocycles. The Morgan fingerprint density at radius 1 is 1.21 bits per heavy atom. The molecule has 24 heavy (non-hydrogen) atoms. The molecule has 0 heterocycles. The standard InChI is InChI=1S/C19H29NO4/c1-23-17-10-9-15(12-18(17)24-2)16(21)13-20-19(22)11-8-14-6-4-3-5-7-14/h9-10,12,14,16,21H,3-8,11,13H2,1-2H3,(H,20,22). The Bertz CT molecular complexity index is 526. The summed E-state index contributed by atoms with van der Waals surface area (Å²) in [6.45, 7) is 0.207. The number of methoxy groups -OCH3 is 2. The molecular weight excluding hydrogens is 306 g/mol. The number of hydrogen-bond acceptors (Lipinski definition) is 4. The molecule has 5 heteroatoms. The van der Waals surface area contributed by atoms with Crippen LogP contribution in [0.1, 0.15) is 56.6 Å². The van der Waals surface area contributed by atoms with E-state index in [2.05, 4.69) is 5.32 Å². The van der Waals surface area contributed by atoms with Crippen molar-refractivity contribution in [3.05, 3.63) is 23.8 Å². The molecular formula is C19H29NO4. The fourth-order valence-corrected chi connectivity index (χ4v) is 3.29. The minimum absolute atomic E-state index is 0.0140. The van der Waals surface area contributed by atoms with Gasteiger partial charge in [-0.1, -0.05) is 38.2 Å². The van der Waals surface area contributed by atoms with Crippen molar-refractivity contribution in [3.63, 3.8) is 0 Å². The maximum atomic E-state index is 12.0. The van der Waals surface area contributed by atoms with Gasteiger partial charge in [0.2, 0.25) is 5.91 Å². The van der Waals surface area contributed by atoms with Gasteiger partial charge in [0, 0.05) is 13.0 Å². The number of nitrogens with one attached hydrogen (secondary N) is 1. The van der Waals surface area contributed by atoms with E-state index in [0.717, 1.165) is 6.42 Å². The normalized spacial score (nSPS) is 16.5. The predicted molar refractivity (Wildman–Crippen MR) is 93.3 cm³/mol. The van der Waals surface area contributed by atoms with Crippen LogP contribution in [0, 0.1) is 5.92 Å². The van der Waals surface area contributed by atoms with Crippen LogP contribution >= 0.6 is 0 Å². The van der Waals surface area contributed by atoms with Crippen molar-refractivity contribution in [2.45, 2.75) is 51.0 Å². The largest absolute Gasteiger partial charge is 0.493 e. The number of hydrogen-bond donors (Lipinski definition) is 2. The first-order chi connectivity index (χ1) is 11.6. The molecule has 2 rings (SSSR count). The lowest BCUT2D eigenvalue weighted by Crippen LogP contribution is -2.28. The second-order valence-corrected chi connectivity index (χ2v) is 6.48. The van der Waals surface area contributed by atoms with Gasteiger partial charge in [-0.2, -0.15) is 0 Å². The second kappa shape index (κ2) is 9.52. The highest BCUT2D eigenvalue weighted by Crippen LogP contribution is 2.30. The minimum atomic E-state index is -0.761. The molecule has 1 fully saturated rings. The molecule has 5 nitrogen and oxygen atoms in total. The maximum Gasteiger partial charge on any atom is 0.220 e. The number of aliphatic hydroxyl groups excluding tert-OH is 1. The van der Waals surface area contributed by atoms with Crippen LogP contribution in [-0.2, 0) is 4.79 Å². The zero-order valence-electron chi connectivity index (χ0n) is 14.7. The fraction of sp³-hybridized carbons (Fsp3) is 0.632. The summed E-state index contributed by atoms with van der Waals surface area (Å²) in [4.78, 5) is 12.0. The topological polar surface area (TPSA) is 67.8 Å². The van der Waals surface area contributed by atoms with E-state index in [9.17, 15) is 9.90 Å². The Kier molecular flexibility index (Phi) is 7.37. The Hall–Kier alpha value is -1.75. The minimum Gasteiger partial charge on any atom is -0.493 e. The van der Waals surface area contributed by atoms with Gasteiger partial charge in [0.25, 0.3) is 0 Å². The summed E-state index contributed by atoms with van der Waals surface area (Å²) >= 11 is 0. The highest BCUT2D eigenvalue weighted by molar-refractivity contribution is 5.75. The number of amides is 1. The molecule has 0 spiro atoms. The van der Waals surface area contributed by atoms with Crippen LogP contribution in [-0.4, -0.2) is 31.8 Å². The summed E-state index contributed by atoms with van der Waals surface area (Å²) in [5.41, 5.74) is 0.695. The lowest BCUT2D eigenvalue weighted by molar-refractivity contribution is -0.121. The summed E-state index contributed by atoms with van der Waals surface area (Å²) in [6.07, 6.45) is 7.17. The van der Waals surface area contributed by atoms with E-state index < -0.39 is 6.10 Å². The van der Waals surface area contributed by atoms with Gasteiger partial charge in [-0.3, -0.25) is 4.79 Å². The number of carbonyl (C=O) groups excluding carboxylic acids is 1. The number of aliphatic hydroxyl groups is 1. The van der Waals surface area contributed by atoms with Crippen LogP contribution in [0.2, 0.25) is 0 Å². The number of carbonyl (C=O) groups is 1. The van der Waals surface area contributed by atoms with Gasteiger partial charge in [-0.05, 0) is 30.0 Å². The Morgan fingerprint density at radius 2 is 1.92 bits per heavy atom. The molecule has 1 amide bonds. The highest BCUT2D eigenvalue weighted by Gasteiger charge is 2.16. The highest BCUT2D eigenvalue weighted by atomic mass is 16.5. The lowest BCUT2D eigenvalue weighted by Gasteiger charge is -2.21. The van der Waals surface area contributed by atoms with Crippen molar-refractivity contribution >= 4 is 5.91 Å². The van der Waals surface area contributed by atoms with E-state index in [0.29, 0.717) is 29.4 Å². The Morgan fingerprint density at radius 3 is 2.58 bits per heavy atom. The predicted octanol–water partition coefficient (Wildman–Crippen LogP) is 3.21. The van der Waals surface area contributed by atoms with E-state index in [4.69, 9.17) is 9.47 Å². The van der Waals surface area contributed by atoms with Crippen LogP contribution in [0.4, 0.5) is 0 Å². The summed E-state index contributed by atoms with van der Waals surface area (Å²) < 4.78 is 10.4. The molecule has 0 bridgehead atoms. The Labute approximate surface area is 144 Å².